The van der Waals surface area contributed by atoms with E-state index in [1.807, 2.05) is 0 Å². The van der Waals surface area contributed by atoms with Crippen LogP contribution in [-0.4, -0.2) is 39.1 Å². The van der Waals surface area contributed by atoms with Crippen molar-refractivity contribution in [3.63, 3.8) is 0 Å². The number of hydrogen-bond donors (Lipinski definition) is 2. The van der Waals surface area contributed by atoms with E-state index in [2.05, 4.69) is 15.7 Å². The lowest BCUT2D eigenvalue weighted by Crippen LogP contribution is -2.30. The summed E-state index contributed by atoms with van der Waals surface area (Å²) in [6.45, 7) is 1.52. The number of halogens is 4. The molecule has 1 saturated heterocycles. The highest BCUT2D eigenvalue weighted by atomic mass is 35.5. The predicted molar refractivity (Wildman–Crippen MR) is 117 cm³/mol. The summed E-state index contributed by atoms with van der Waals surface area (Å²) >= 11 is 6.14. The van der Waals surface area contributed by atoms with E-state index in [0.717, 1.165) is 27.8 Å². The molecule has 1 aromatic heterocycles. The van der Waals surface area contributed by atoms with Gasteiger partial charge in [0.15, 0.2) is 0 Å². The molecule has 8 nitrogen and oxygen atoms in total. The fourth-order valence-electron chi connectivity index (χ4n) is 3.42. The van der Waals surface area contributed by atoms with Gasteiger partial charge in [0.1, 0.15) is 5.82 Å². The number of aromatic nitrogens is 2. The number of benzene rings is 2. The minimum absolute atomic E-state index is 0.0112. The first kappa shape index (κ1) is 23.3. The lowest BCUT2D eigenvalue weighted by molar-refractivity contribution is -0.137. The average molecular weight is 492 g/mol. The van der Waals surface area contributed by atoms with Crippen LogP contribution >= 0.6 is 11.6 Å². The fraction of sp³-hybridized carbons (Fsp3) is 0.182. The number of alkyl halides is 3. The Balaban J connectivity index is 1.60. The van der Waals surface area contributed by atoms with Gasteiger partial charge in [-0.2, -0.15) is 18.3 Å². The van der Waals surface area contributed by atoms with Crippen LogP contribution in [-0.2, 0) is 17.5 Å². The molecule has 1 aliphatic heterocycles. The number of hydrogen-bond acceptors (Lipinski definition) is 4. The van der Waals surface area contributed by atoms with E-state index in [4.69, 9.17) is 11.6 Å². The van der Waals surface area contributed by atoms with Crippen molar-refractivity contribution in [2.45, 2.75) is 19.6 Å². The first-order chi connectivity index (χ1) is 16.0. The largest absolute Gasteiger partial charge is 0.416 e. The van der Waals surface area contributed by atoms with Crippen molar-refractivity contribution in [1.29, 1.82) is 0 Å². The van der Waals surface area contributed by atoms with Gasteiger partial charge in [-0.05, 0) is 42.8 Å². The van der Waals surface area contributed by atoms with E-state index >= 15 is 0 Å². The summed E-state index contributed by atoms with van der Waals surface area (Å²) in [5.41, 5.74) is 0.238. The number of nitrogens with one attached hydrogen (secondary N) is 2. The zero-order valence-electron chi connectivity index (χ0n) is 17.6. The summed E-state index contributed by atoms with van der Waals surface area (Å²) in [6, 6.07) is 10.1. The molecule has 0 saturated carbocycles. The van der Waals surface area contributed by atoms with Crippen LogP contribution in [0.5, 0.6) is 0 Å². The predicted octanol–water partition coefficient (Wildman–Crippen LogP) is 4.16. The molecule has 2 aromatic carbocycles. The monoisotopic (exact) mass is 491 g/mol. The number of amides is 4. The highest BCUT2D eigenvalue weighted by Crippen LogP contribution is 2.34. The Bertz CT molecular complexity index is 1290. The second-order valence-electron chi connectivity index (χ2n) is 7.54. The molecular formula is C22H17ClF3N5O3. The van der Waals surface area contributed by atoms with E-state index in [1.165, 1.54) is 18.2 Å². The molecule has 4 amide bonds. The van der Waals surface area contributed by atoms with Crippen molar-refractivity contribution >= 4 is 35.3 Å². The highest BCUT2D eigenvalue weighted by Gasteiger charge is 2.32. The summed E-state index contributed by atoms with van der Waals surface area (Å²) in [5.74, 6) is -0.830. The lowest BCUT2D eigenvalue weighted by Gasteiger charge is -2.14. The lowest BCUT2D eigenvalue weighted by atomic mass is 10.1. The van der Waals surface area contributed by atoms with Gasteiger partial charge in [-0.3, -0.25) is 14.5 Å². The Hall–Kier alpha value is -3.86. The second kappa shape index (κ2) is 8.82. The Labute approximate surface area is 196 Å². The molecule has 0 atom stereocenters. The molecule has 3 aromatic rings. The number of anilines is 1. The zero-order chi connectivity index (χ0) is 24.6. The number of imide groups is 1. The third-order valence-corrected chi connectivity index (χ3v) is 5.36. The number of aryl methyl sites for hydroxylation is 1. The van der Waals surface area contributed by atoms with E-state index in [-0.39, 0.29) is 41.1 Å². The first-order valence-electron chi connectivity index (χ1n) is 9.95. The van der Waals surface area contributed by atoms with Gasteiger partial charge in [0, 0.05) is 11.6 Å². The fourth-order valence-corrected chi connectivity index (χ4v) is 3.62. The molecule has 2 N–H and O–H groups in total. The molecular weight excluding hydrogens is 475 g/mol. The maximum absolute atomic E-state index is 13.2. The topological polar surface area (TPSA) is 96.3 Å². The molecule has 2 heterocycles. The number of carbonyl (C=O) groups is 3. The molecule has 1 fully saturated rings. The number of rotatable bonds is 5. The quantitative estimate of drug-likeness (QED) is 0.524. The van der Waals surface area contributed by atoms with Crippen LogP contribution in [0.4, 0.5) is 23.8 Å². The highest BCUT2D eigenvalue weighted by molar-refractivity contribution is 6.32. The van der Waals surface area contributed by atoms with Gasteiger partial charge < -0.3 is 10.6 Å². The maximum atomic E-state index is 13.2. The minimum atomic E-state index is -4.58. The van der Waals surface area contributed by atoms with Crippen LogP contribution in [0.25, 0.3) is 5.69 Å². The second-order valence-corrected chi connectivity index (χ2v) is 7.95. The van der Waals surface area contributed by atoms with E-state index in [0.29, 0.717) is 11.3 Å². The molecule has 0 radical (unpaired) electrons. The molecule has 0 spiro atoms. The van der Waals surface area contributed by atoms with Gasteiger partial charge in [0.25, 0.3) is 5.91 Å². The van der Waals surface area contributed by atoms with E-state index < -0.39 is 23.7 Å². The molecule has 34 heavy (non-hydrogen) atoms. The third kappa shape index (κ3) is 4.74. The Morgan fingerprint density at radius 1 is 1.18 bits per heavy atom. The van der Waals surface area contributed by atoms with Gasteiger partial charge in [0.2, 0.25) is 5.91 Å². The molecule has 0 unspecified atom stereocenters. The van der Waals surface area contributed by atoms with Gasteiger partial charge in [-0.15, -0.1) is 0 Å². The standard InChI is InChI=1S/C22H17ClF3N5O3/c1-12-7-18(31(29-12)17-9-15(22(24,25)26)5-6-16(17)23)28-20(33)14-4-2-3-13(8-14)11-30-19(32)10-27-21(30)34/h2-9H,10-11H2,1H3,(H,27,34)(H,28,33). The third-order valence-electron chi connectivity index (χ3n) is 5.04. The molecule has 12 heteroatoms. The summed E-state index contributed by atoms with van der Waals surface area (Å²) < 4.78 is 40.7. The zero-order valence-corrected chi connectivity index (χ0v) is 18.4. The van der Waals surface area contributed by atoms with Crippen LogP contribution in [0, 0.1) is 6.92 Å². The van der Waals surface area contributed by atoms with Crippen LogP contribution in [0.1, 0.15) is 27.2 Å². The van der Waals surface area contributed by atoms with Gasteiger partial charge in [-0.25, -0.2) is 9.48 Å². The van der Waals surface area contributed by atoms with Crippen molar-refractivity contribution in [3.05, 3.63) is 75.9 Å². The normalized spacial score (nSPS) is 13.9. The van der Waals surface area contributed by atoms with Gasteiger partial charge >= 0.3 is 12.2 Å². The van der Waals surface area contributed by atoms with Crippen molar-refractivity contribution in [1.82, 2.24) is 20.0 Å². The van der Waals surface area contributed by atoms with Crippen LogP contribution in [0.2, 0.25) is 5.02 Å². The molecule has 0 bridgehead atoms. The number of carbonyl (C=O) groups excluding carboxylic acids is 3. The molecule has 1 aliphatic rings. The van der Waals surface area contributed by atoms with Gasteiger partial charge in [0.05, 0.1) is 35.1 Å². The molecule has 176 valence electrons. The summed E-state index contributed by atoms with van der Waals surface area (Å²) in [5, 5.41) is 9.24. The van der Waals surface area contributed by atoms with Crippen molar-refractivity contribution in [2.75, 3.05) is 11.9 Å². The molecule has 4 rings (SSSR count). The van der Waals surface area contributed by atoms with Crippen LogP contribution in [0.15, 0.2) is 48.5 Å². The van der Waals surface area contributed by atoms with Crippen molar-refractivity contribution in [2.24, 2.45) is 0 Å². The van der Waals surface area contributed by atoms with Crippen LogP contribution in [0.3, 0.4) is 0 Å². The minimum Gasteiger partial charge on any atom is -0.329 e. The number of urea groups is 1. The Morgan fingerprint density at radius 2 is 1.94 bits per heavy atom. The van der Waals surface area contributed by atoms with Crippen LogP contribution < -0.4 is 10.6 Å². The molecule has 0 aliphatic carbocycles. The average Bonchev–Trinajstić information content (AvgIpc) is 3.29. The Morgan fingerprint density at radius 3 is 2.62 bits per heavy atom. The summed E-state index contributed by atoms with van der Waals surface area (Å²) in [7, 11) is 0. The Kier molecular flexibility index (Phi) is 6.05. The summed E-state index contributed by atoms with van der Waals surface area (Å²) in [4.78, 5) is 37.5. The smallest absolute Gasteiger partial charge is 0.329 e. The summed E-state index contributed by atoms with van der Waals surface area (Å²) in [6.07, 6.45) is -4.58. The van der Waals surface area contributed by atoms with Crippen molar-refractivity contribution < 1.29 is 27.6 Å². The maximum Gasteiger partial charge on any atom is 0.416 e. The van der Waals surface area contributed by atoms with Gasteiger partial charge in [-0.1, -0.05) is 23.7 Å². The SMILES string of the molecule is Cc1cc(NC(=O)c2cccc(CN3C(=O)CNC3=O)c2)n(-c2cc(C(F)(F)F)ccc2Cl)n1. The van der Waals surface area contributed by atoms with Crippen molar-refractivity contribution in [3.8, 4) is 5.69 Å². The first-order valence-corrected chi connectivity index (χ1v) is 10.3. The number of nitrogens with zero attached hydrogens (tertiary/aromatic N) is 3. The van der Waals surface area contributed by atoms with E-state index in [9.17, 15) is 27.6 Å². The van der Waals surface area contributed by atoms with E-state index in [1.54, 1.807) is 19.1 Å².